The summed E-state index contributed by atoms with van der Waals surface area (Å²) in [6.07, 6.45) is 0.744. The van der Waals surface area contributed by atoms with Crippen LogP contribution >= 0.6 is 0 Å². The van der Waals surface area contributed by atoms with Gasteiger partial charge in [-0.3, -0.25) is 14.9 Å². The number of hydrogen-bond acceptors (Lipinski definition) is 5. The van der Waals surface area contributed by atoms with Crippen molar-refractivity contribution in [1.29, 1.82) is 0 Å². The minimum atomic E-state index is -0.582. The molecular weight excluding hydrogens is 250 g/mol. The molecule has 7 heteroatoms. The number of amides is 1. The first-order valence-electron chi connectivity index (χ1n) is 6.00. The van der Waals surface area contributed by atoms with Crippen LogP contribution in [0.2, 0.25) is 0 Å². The number of likely N-dealkylation sites (tertiary alicyclic amines) is 1. The van der Waals surface area contributed by atoms with Gasteiger partial charge in [0.2, 0.25) is 0 Å². The molecule has 1 fully saturated rings. The van der Waals surface area contributed by atoms with Gasteiger partial charge in [0, 0.05) is 24.7 Å². The van der Waals surface area contributed by atoms with Gasteiger partial charge >= 0.3 is 0 Å². The number of nitro groups is 1. The van der Waals surface area contributed by atoms with Crippen LogP contribution in [0.1, 0.15) is 23.2 Å². The normalized spacial score (nSPS) is 16.4. The van der Waals surface area contributed by atoms with E-state index in [0.29, 0.717) is 31.5 Å². The molecule has 7 nitrogen and oxygen atoms in total. The third-order valence-electron chi connectivity index (χ3n) is 3.22. The average Bonchev–Trinajstić information content (AvgIpc) is 2.38. The van der Waals surface area contributed by atoms with Gasteiger partial charge in [-0.15, -0.1) is 0 Å². The summed E-state index contributed by atoms with van der Waals surface area (Å²) in [5.74, 6) is -0.214. The third kappa shape index (κ3) is 2.82. The number of piperidine rings is 1. The highest BCUT2D eigenvalue weighted by Crippen LogP contribution is 2.23. The first-order chi connectivity index (χ1) is 8.99. The van der Waals surface area contributed by atoms with Crippen molar-refractivity contribution in [2.24, 2.45) is 0 Å². The molecule has 1 heterocycles. The molecule has 1 amide bonds. The van der Waals surface area contributed by atoms with Crippen molar-refractivity contribution in [3.05, 3.63) is 33.9 Å². The molecule has 1 aromatic rings. The van der Waals surface area contributed by atoms with Crippen molar-refractivity contribution in [2.45, 2.75) is 18.9 Å². The lowest BCUT2D eigenvalue weighted by atomic mass is 10.1. The van der Waals surface area contributed by atoms with E-state index in [1.165, 1.54) is 18.2 Å². The highest BCUT2D eigenvalue weighted by Gasteiger charge is 2.23. The summed E-state index contributed by atoms with van der Waals surface area (Å²) in [6.45, 7) is 0.966. The van der Waals surface area contributed by atoms with Gasteiger partial charge in [0.25, 0.3) is 11.6 Å². The molecule has 2 rings (SSSR count). The zero-order valence-corrected chi connectivity index (χ0v) is 10.3. The van der Waals surface area contributed by atoms with Crippen LogP contribution in [0, 0.1) is 10.1 Å². The Morgan fingerprint density at radius 2 is 2.05 bits per heavy atom. The zero-order valence-electron chi connectivity index (χ0n) is 10.3. The molecule has 102 valence electrons. The molecule has 0 atom stereocenters. The maximum atomic E-state index is 12.2. The van der Waals surface area contributed by atoms with E-state index in [1.54, 1.807) is 4.90 Å². The van der Waals surface area contributed by atoms with Gasteiger partial charge in [-0.25, -0.2) is 0 Å². The Labute approximate surface area is 109 Å². The van der Waals surface area contributed by atoms with Crippen LogP contribution < -0.4 is 5.73 Å². The van der Waals surface area contributed by atoms with E-state index in [9.17, 15) is 20.0 Å². The molecule has 0 saturated carbocycles. The molecule has 1 aromatic carbocycles. The minimum absolute atomic E-state index is 0.0205. The van der Waals surface area contributed by atoms with Gasteiger partial charge in [-0.2, -0.15) is 0 Å². The molecule has 19 heavy (non-hydrogen) atoms. The summed E-state index contributed by atoms with van der Waals surface area (Å²) in [5, 5.41) is 20.0. The Bertz CT molecular complexity index is 510. The van der Waals surface area contributed by atoms with E-state index in [4.69, 9.17) is 5.73 Å². The van der Waals surface area contributed by atoms with Crippen LogP contribution in [-0.2, 0) is 0 Å². The largest absolute Gasteiger partial charge is 0.393 e. The molecule has 0 aliphatic carbocycles. The van der Waals surface area contributed by atoms with E-state index in [0.717, 1.165) is 0 Å². The first-order valence-corrected chi connectivity index (χ1v) is 6.00. The number of aliphatic hydroxyl groups excluding tert-OH is 1. The number of nitrogens with two attached hydrogens (primary N) is 1. The van der Waals surface area contributed by atoms with E-state index in [2.05, 4.69) is 0 Å². The van der Waals surface area contributed by atoms with Gasteiger partial charge in [0.15, 0.2) is 0 Å². The quantitative estimate of drug-likeness (QED) is 0.466. The number of carbonyl (C=O) groups is 1. The molecule has 3 N–H and O–H groups in total. The fourth-order valence-electron chi connectivity index (χ4n) is 2.11. The van der Waals surface area contributed by atoms with Crippen LogP contribution in [0.25, 0.3) is 0 Å². The summed E-state index contributed by atoms with van der Waals surface area (Å²) >= 11 is 0. The van der Waals surface area contributed by atoms with E-state index in [-0.39, 0.29) is 23.4 Å². The molecule has 0 radical (unpaired) electrons. The van der Waals surface area contributed by atoms with E-state index < -0.39 is 4.92 Å². The number of anilines is 1. The Balaban J connectivity index is 2.16. The van der Waals surface area contributed by atoms with Crippen LogP contribution in [0.4, 0.5) is 11.4 Å². The van der Waals surface area contributed by atoms with Crippen molar-refractivity contribution in [2.75, 3.05) is 18.8 Å². The molecular formula is C12H15N3O4. The molecule has 1 aliphatic rings. The Hall–Kier alpha value is -2.15. The number of rotatable bonds is 2. The van der Waals surface area contributed by atoms with Crippen molar-refractivity contribution >= 4 is 17.3 Å². The molecule has 0 bridgehead atoms. The number of aliphatic hydroxyl groups is 1. The zero-order chi connectivity index (χ0) is 14.0. The lowest BCUT2D eigenvalue weighted by Crippen LogP contribution is -2.40. The highest BCUT2D eigenvalue weighted by atomic mass is 16.6. The van der Waals surface area contributed by atoms with Crippen LogP contribution in [0.3, 0.4) is 0 Å². The van der Waals surface area contributed by atoms with E-state index >= 15 is 0 Å². The third-order valence-corrected chi connectivity index (χ3v) is 3.22. The second-order valence-electron chi connectivity index (χ2n) is 4.55. The summed E-state index contributed by atoms with van der Waals surface area (Å²) in [4.78, 5) is 23.8. The monoisotopic (exact) mass is 265 g/mol. The van der Waals surface area contributed by atoms with Crippen molar-refractivity contribution < 1.29 is 14.8 Å². The number of benzene rings is 1. The topological polar surface area (TPSA) is 110 Å². The van der Waals surface area contributed by atoms with Gasteiger partial charge in [0.1, 0.15) is 5.69 Å². The Morgan fingerprint density at radius 1 is 1.42 bits per heavy atom. The predicted molar refractivity (Wildman–Crippen MR) is 68.7 cm³/mol. The van der Waals surface area contributed by atoms with Gasteiger partial charge in [-0.1, -0.05) is 0 Å². The van der Waals surface area contributed by atoms with Gasteiger partial charge < -0.3 is 15.7 Å². The number of hydrogen-bond donors (Lipinski definition) is 2. The fourth-order valence-corrected chi connectivity index (χ4v) is 2.11. The maximum absolute atomic E-state index is 12.2. The average molecular weight is 265 g/mol. The second-order valence-corrected chi connectivity index (χ2v) is 4.55. The predicted octanol–water partition coefficient (Wildman–Crippen LogP) is 0.774. The number of nitrogen functional groups attached to an aromatic ring is 1. The van der Waals surface area contributed by atoms with Crippen molar-refractivity contribution in [3.8, 4) is 0 Å². The fraction of sp³-hybridized carbons (Fsp3) is 0.417. The molecule has 0 unspecified atom stereocenters. The van der Waals surface area contributed by atoms with Crippen LogP contribution in [0.15, 0.2) is 18.2 Å². The summed E-state index contributed by atoms with van der Waals surface area (Å²) < 4.78 is 0. The second kappa shape index (κ2) is 5.23. The lowest BCUT2D eigenvalue weighted by Gasteiger charge is -2.29. The smallest absolute Gasteiger partial charge is 0.292 e. The molecule has 1 aliphatic heterocycles. The van der Waals surface area contributed by atoms with Crippen molar-refractivity contribution in [1.82, 2.24) is 4.90 Å². The standard InChI is InChI=1S/C12H15N3O4/c13-10-7-8(1-2-11(10)15(18)19)12(17)14-5-3-9(16)4-6-14/h1-2,7,9,16H,3-6,13H2. The minimum Gasteiger partial charge on any atom is -0.393 e. The Morgan fingerprint density at radius 3 is 2.58 bits per heavy atom. The van der Waals surface area contributed by atoms with E-state index in [1.807, 2.05) is 0 Å². The highest BCUT2D eigenvalue weighted by molar-refractivity contribution is 5.95. The van der Waals surface area contributed by atoms with Gasteiger partial charge in [0.05, 0.1) is 11.0 Å². The van der Waals surface area contributed by atoms with Gasteiger partial charge in [-0.05, 0) is 25.0 Å². The number of nitrogens with zero attached hydrogens (tertiary/aromatic N) is 2. The summed E-state index contributed by atoms with van der Waals surface area (Å²) in [6, 6.07) is 3.97. The lowest BCUT2D eigenvalue weighted by molar-refractivity contribution is -0.383. The molecule has 0 aromatic heterocycles. The first kappa shape index (κ1) is 13.3. The molecule has 0 spiro atoms. The summed E-state index contributed by atoms with van der Waals surface area (Å²) in [5.41, 5.74) is 5.67. The maximum Gasteiger partial charge on any atom is 0.292 e. The van der Waals surface area contributed by atoms with Crippen LogP contribution in [-0.4, -0.2) is 40.0 Å². The number of carbonyl (C=O) groups excluding carboxylic acids is 1. The Kier molecular flexibility index (Phi) is 3.66. The SMILES string of the molecule is Nc1cc(C(=O)N2CCC(O)CC2)ccc1[N+](=O)[O-]. The van der Waals surface area contributed by atoms with Crippen molar-refractivity contribution in [3.63, 3.8) is 0 Å². The summed E-state index contributed by atoms with van der Waals surface area (Å²) in [7, 11) is 0. The molecule has 1 saturated heterocycles. The van der Waals surface area contributed by atoms with Crippen LogP contribution in [0.5, 0.6) is 0 Å². The number of nitro benzene ring substituents is 1.